The van der Waals surface area contributed by atoms with Crippen LogP contribution in [0, 0.1) is 46.5 Å². The van der Waals surface area contributed by atoms with Crippen LogP contribution < -0.4 is 0 Å². The van der Waals surface area contributed by atoms with Gasteiger partial charge in [-0.05, 0) is 261 Å². The molecule has 2 saturated heterocycles. The third kappa shape index (κ3) is 22.0. The number of H-pyrrole nitrogens is 1. The fourth-order valence-electron chi connectivity index (χ4n) is 16.0. The summed E-state index contributed by atoms with van der Waals surface area (Å²) in [7, 11) is 0. The van der Waals surface area contributed by atoms with E-state index in [4.69, 9.17) is 16.1 Å². The highest BCUT2D eigenvalue weighted by molar-refractivity contribution is 6.30. The van der Waals surface area contributed by atoms with Gasteiger partial charge in [0.05, 0.1) is 16.9 Å². The minimum absolute atomic E-state index is 0.00443. The lowest BCUT2D eigenvalue weighted by molar-refractivity contribution is -0.133. The molecule has 0 atom stereocenters. The zero-order chi connectivity index (χ0) is 92.2. The number of piperidine rings is 2. The first-order valence-electron chi connectivity index (χ1n) is 42.7. The van der Waals surface area contributed by atoms with Crippen LogP contribution in [-0.2, 0) is 71.2 Å². The number of hydrogen-bond acceptors (Lipinski definition) is 18. The molecule has 0 spiro atoms. The largest absolute Gasteiger partial charge is 0.508 e. The Labute approximate surface area is 760 Å². The number of halogens is 9. The van der Waals surface area contributed by atoms with Gasteiger partial charge in [0.15, 0.2) is 46.6 Å². The quantitative estimate of drug-likeness (QED) is 0.0754. The van der Waals surface area contributed by atoms with Crippen molar-refractivity contribution < 1.29 is 63.9 Å². The van der Waals surface area contributed by atoms with Gasteiger partial charge in [-0.1, -0.05) is 22.8 Å². The number of nitrogens with one attached hydrogen (secondary N) is 1. The number of nitrogens with zero attached hydrogens (tertiary/aromatic N) is 20. The van der Waals surface area contributed by atoms with Gasteiger partial charge >= 0.3 is 0 Å². The maximum absolute atomic E-state index is 13.5. The number of carbonyl (C=O) groups excluding carboxylic acids is 4. The molecular formula is C97H82ClF8N21O6. The molecule has 11 heterocycles. The number of amides is 4. The van der Waals surface area contributed by atoms with Crippen molar-refractivity contribution in [2.24, 2.45) is 0 Å². The van der Waals surface area contributed by atoms with Crippen molar-refractivity contribution in [3.63, 3.8) is 0 Å². The molecule has 4 amide bonds. The molecule has 2 fully saturated rings. The van der Waals surface area contributed by atoms with Crippen molar-refractivity contribution in [3.8, 4) is 96.9 Å². The Morgan fingerprint density at radius 3 is 1.03 bits per heavy atom. The van der Waals surface area contributed by atoms with Gasteiger partial charge in [0, 0.05) is 139 Å². The first-order chi connectivity index (χ1) is 64.5. The average Bonchev–Trinajstić information content (AvgIpc) is 1.70. The second-order valence-electron chi connectivity index (χ2n) is 32.0. The number of rotatable bonds is 18. The minimum atomic E-state index is -0.377. The van der Waals surface area contributed by atoms with Gasteiger partial charge in [0.1, 0.15) is 90.6 Å². The molecule has 27 nitrogen and oxygen atoms in total. The normalized spacial score (nSPS) is 13.9. The van der Waals surface area contributed by atoms with Crippen LogP contribution in [0.4, 0.5) is 35.1 Å². The van der Waals surface area contributed by atoms with Crippen LogP contribution in [0.5, 0.6) is 5.75 Å². The predicted octanol–water partition coefficient (Wildman–Crippen LogP) is 16.4. The average molecular weight is 1830 g/mol. The van der Waals surface area contributed by atoms with Crippen molar-refractivity contribution in [3.05, 3.63) is 329 Å². The molecule has 133 heavy (non-hydrogen) atoms. The number of phenolic OH excluding ortho intramolecular Hbond substituents is 1. The summed E-state index contributed by atoms with van der Waals surface area (Å²) in [5.74, 6) is 1.26. The Kier molecular flexibility index (Phi) is 27.3. The molecule has 0 bridgehead atoms. The van der Waals surface area contributed by atoms with Crippen LogP contribution in [0.1, 0.15) is 71.4 Å². The number of benzene rings is 9. The van der Waals surface area contributed by atoms with E-state index in [1.807, 2.05) is 28.1 Å². The molecule has 16 aromatic rings. The predicted molar refractivity (Wildman–Crippen MR) is 474 cm³/mol. The summed E-state index contributed by atoms with van der Waals surface area (Å²) in [6, 6.07) is 53.7. The SMILES string of the molecule is O=C(Cn1nc(-c2ccc(F)cc2)nc1-c1ccc(F)cc1)N1CCC(c2ccon2)CC1.O=C(Cn1nc(-c2ccc(F)cc2)nc1-c1ccc(F)cc1)N1CCC(c2ncc(Cl)cn2)CC1.O=C(Cn1nc(-c2ccc(F)cc2)nc1-c1ccc(F)cc1)N1CCc2cc(O)ccc2C1.O=C(Cn1nc(-c2ccc(F)cc2)nc1-c1ccc(F)cc1)N1CCc2cn[nH]c2CC1. The van der Waals surface area contributed by atoms with Crippen LogP contribution in [0.2, 0.25) is 5.02 Å². The molecule has 20 rings (SSSR count). The number of aromatic amines is 1. The fraction of sp³-hybridized carbons (Fsp3) is 0.216. The van der Waals surface area contributed by atoms with E-state index < -0.39 is 0 Å². The molecule has 0 aliphatic carbocycles. The Morgan fingerprint density at radius 2 is 0.677 bits per heavy atom. The molecule has 2 N–H and O–H groups in total. The third-order valence-electron chi connectivity index (χ3n) is 23.2. The van der Waals surface area contributed by atoms with E-state index in [2.05, 4.69) is 65.7 Å². The molecule has 0 saturated carbocycles. The molecule has 4 aliphatic rings. The number of hydrogen-bond donors (Lipinski definition) is 2. The van der Waals surface area contributed by atoms with E-state index in [1.165, 1.54) is 116 Å². The van der Waals surface area contributed by atoms with Gasteiger partial charge in [-0.15, -0.1) is 20.4 Å². The van der Waals surface area contributed by atoms with E-state index in [0.717, 1.165) is 66.0 Å². The highest BCUT2D eigenvalue weighted by Crippen LogP contribution is 2.34. The summed E-state index contributed by atoms with van der Waals surface area (Å²) < 4.78 is 118. The lowest BCUT2D eigenvalue weighted by Gasteiger charge is -2.31. The van der Waals surface area contributed by atoms with Crippen LogP contribution in [0.3, 0.4) is 0 Å². The van der Waals surface area contributed by atoms with Gasteiger partial charge in [0.2, 0.25) is 23.6 Å². The molecule has 7 aromatic heterocycles. The van der Waals surface area contributed by atoms with Gasteiger partial charge in [0.25, 0.3) is 0 Å². The topological polar surface area (TPSA) is 305 Å². The number of aromatic hydroxyl groups is 1. The third-order valence-corrected chi connectivity index (χ3v) is 23.4. The maximum atomic E-state index is 13.5. The van der Waals surface area contributed by atoms with E-state index in [1.54, 1.807) is 138 Å². The van der Waals surface area contributed by atoms with E-state index in [9.17, 15) is 59.4 Å². The molecule has 0 unspecified atom stereocenters. The van der Waals surface area contributed by atoms with Crippen molar-refractivity contribution in [2.75, 3.05) is 45.8 Å². The van der Waals surface area contributed by atoms with E-state index in [0.29, 0.717) is 161 Å². The number of likely N-dealkylation sites (tertiary alicyclic amines) is 2. The summed E-state index contributed by atoms with van der Waals surface area (Å²) in [6.07, 6.45) is 11.7. The number of aromatic nitrogens is 17. The van der Waals surface area contributed by atoms with Crippen LogP contribution in [-0.4, -0.2) is 179 Å². The summed E-state index contributed by atoms with van der Waals surface area (Å²) >= 11 is 5.88. The van der Waals surface area contributed by atoms with Crippen molar-refractivity contribution in [2.45, 2.75) is 89.5 Å². The smallest absolute Gasteiger partial charge is 0.244 e. The Balaban J connectivity index is 0.000000124. The molecule has 36 heteroatoms. The number of phenols is 1. The Morgan fingerprint density at radius 1 is 0.361 bits per heavy atom. The molecule has 0 radical (unpaired) electrons. The summed E-state index contributed by atoms with van der Waals surface area (Å²) in [5.41, 5.74) is 10.1. The molecule has 674 valence electrons. The second-order valence-corrected chi connectivity index (χ2v) is 32.4. The standard InChI is InChI=1S/C25H21ClF2N6O.C25H20F2N4O2.C24H21F2N5O2.C23H20F2N6O/c26-19-13-29-23(30-14-19)17-9-11-33(12-10-17)22(35)15-34-25(18-3-7-21(28)8-4-18)31-24(32-34)16-1-5-20(27)6-2-16;26-20-6-1-16(2-7-20)24-28-25(17-3-8-21(27)9-4-17)31(29-24)15-23(33)30-12-11-18-13-22(32)10-5-19(18)14-30;25-19-5-1-17(2-6-19)23-27-24(18-3-7-20(26)8-4-18)31(28-23)15-22(32)30-12-9-16(10-13-30)21-11-14-33-29-21;24-18-5-1-15(2-6-18)22-27-23(16-3-7-19(25)8-4-16)31(29-22)14-21(32)30-11-9-17-13-26-28-20(17)10-12-30/h1-8,13-14,17H,9-12,15H2;1-10,13,32H,11-12,14-15H2;1-8,11,14,16H,9-10,12-13,15H2;1-8,13H,9-12,14H2,(H,26,28). The van der Waals surface area contributed by atoms with Crippen LogP contribution in [0.25, 0.3) is 91.1 Å². The highest BCUT2D eigenvalue weighted by atomic mass is 35.5. The Bertz CT molecular complexity index is 6710. The maximum Gasteiger partial charge on any atom is 0.244 e. The lowest BCUT2D eigenvalue weighted by atomic mass is 9.94. The number of fused-ring (bicyclic) bond motifs is 2. The summed E-state index contributed by atoms with van der Waals surface area (Å²) in [5, 5.41) is 39.3. The molecule has 9 aromatic carbocycles. The zero-order valence-corrected chi connectivity index (χ0v) is 71.8. The van der Waals surface area contributed by atoms with Crippen molar-refractivity contribution in [1.29, 1.82) is 0 Å². The van der Waals surface area contributed by atoms with Crippen molar-refractivity contribution >= 4 is 35.2 Å². The highest BCUT2D eigenvalue weighted by Gasteiger charge is 2.32. The van der Waals surface area contributed by atoms with Crippen LogP contribution in [0.15, 0.2) is 248 Å². The fourth-order valence-corrected chi connectivity index (χ4v) is 16.1. The van der Waals surface area contributed by atoms with Gasteiger partial charge in [-0.3, -0.25) is 24.3 Å². The first-order valence-corrected chi connectivity index (χ1v) is 43.1. The molecule has 4 aliphatic heterocycles. The van der Waals surface area contributed by atoms with Gasteiger partial charge < -0.3 is 29.2 Å². The number of carbonyl (C=O) groups is 4. The van der Waals surface area contributed by atoms with Gasteiger partial charge in [-0.2, -0.15) is 5.10 Å². The summed E-state index contributed by atoms with van der Waals surface area (Å²) in [4.78, 5) is 86.6. The monoisotopic (exact) mass is 1820 g/mol. The second kappa shape index (κ2) is 40.6. The van der Waals surface area contributed by atoms with E-state index in [-0.39, 0.29) is 114 Å². The van der Waals surface area contributed by atoms with Crippen molar-refractivity contribution in [1.82, 2.24) is 104 Å². The van der Waals surface area contributed by atoms with Gasteiger partial charge in [-0.25, -0.2) is 83.8 Å². The summed E-state index contributed by atoms with van der Waals surface area (Å²) in [6.45, 7) is 4.43. The zero-order valence-electron chi connectivity index (χ0n) is 71.0. The molecular weight excluding hydrogens is 1740 g/mol. The van der Waals surface area contributed by atoms with Crippen LogP contribution >= 0.6 is 11.6 Å². The van der Waals surface area contributed by atoms with E-state index >= 15 is 0 Å². The first kappa shape index (κ1) is 89.4. The lowest BCUT2D eigenvalue weighted by Crippen LogP contribution is -2.40. The Hall–Kier alpha value is -15.6. The minimum Gasteiger partial charge on any atom is -0.508 e.